The molecule has 0 atom stereocenters. The van der Waals surface area contributed by atoms with Crippen molar-refractivity contribution in [2.45, 2.75) is 52.7 Å². The largest absolute Gasteiger partial charge is 0.493 e. The highest BCUT2D eigenvalue weighted by Crippen LogP contribution is 2.28. The first kappa shape index (κ1) is 25.4. The number of benzene rings is 2. The van der Waals surface area contributed by atoms with Crippen LogP contribution in [-0.2, 0) is 25.0 Å². The van der Waals surface area contributed by atoms with E-state index in [2.05, 4.69) is 52.2 Å². The molecule has 0 radical (unpaired) electrons. The molecule has 36 heavy (non-hydrogen) atoms. The molecule has 9 nitrogen and oxygen atoms in total. The number of hydrogen-bond donors (Lipinski definition) is 1. The van der Waals surface area contributed by atoms with Crippen molar-refractivity contribution in [1.82, 2.24) is 30.1 Å². The number of methoxy groups -OCH3 is 2. The lowest BCUT2D eigenvalue weighted by Crippen LogP contribution is -2.32. The average Bonchev–Trinajstić information content (AvgIpc) is 3.32. The van der Waals surface area contributed by atoms with Crippen LogP contribution >= 0.6 is 0 Å². The van der Waals surface area contributed by atoms with Gasteiger partial charge >= 0.3 is 0 Å². The first-order chi connectivity index (χ1) is 17.2. The molecule has 1 N–H and O–H groups in total. The maximum absolute atomic E-state index is 13.0. The van der Waals surface area contributed by atoms with Gasteiger partial charge in [0.15, 0.2) is 17.3 Å². The number of aromatic nitrogens is 5. The first-order valence-corrected chi connectivity index (χ1v) is 12.0. The standard InChI is InChI=1S/C27H34N6O3/c1-18-7-9-22-20(13-18)15-21(26(34)28-22)16-32(17-25-29-30-31-33(25)27(2,3)4)12-11-19-8-10-23(35-5)24(14-19)36-6/h7-10,13-15H,11-12,16-17H2,1-6H3,(H,28,34). The number of aryl methyl sites for hydroxylation is 1. The number of hydrogen-bond acceptors (Lipinski definition) is 7. The van der Waals surface area contributed by atoms with Gasteiger partial charge in [-0.1, -0.05) is 17.7 Å². The number of ether oxygens (including phenoxy) is 2. The fourth-order valence-corrected chi connectivity index (χ4v) is 4.29. The molecular weight excluding hydrogens is 456 g/mol. The van der Waals surface area contributed by atoms with Crippen LogP contribution in [0.3, 0.4) is 0 Å². The van der Waals surface area contributed by atoms with Crippen LogP contribution in [0.25, 0.3) is 10.9 Å². The van der Waals surface area contributed by atoms with Crippen molar-refractivity contribution in [1.29, 1.82) is 0 Å². The highest BCUT2D eigenvalue weighted by atomic mass is 16.5. The molecule has 190 valence electrons. The lowest BCUT2D eigenvalue weighted by Gasteiger charge is -2.25. The average molecular weight is 491 g/mol. The molecule has 0 fully saturated rings. The highest BCUT2D eigenvalue weighted by molar-refractivity contribution is 5.79. The van der Waals surface area contributed by atoms with Crippen molar-refractivity contribution in [2.24, 2.45) is 0 Å². The normalized spacial score (nSPS) is 11.9. The molecule has 4 rings (SSSR count). The van der Waals surface area contributed by atoms with Crippen molar-refractivity contribution in [2.75, 3.05) is 20.8 Å². The van der Waals surface area contributed by atoms with Crippen LogP contribution in [0, 0.1) is 6.92 Å². The Morgan fingerprint density at radius 1 is 1.00 bits per heavy atom. The van der Waals surface area contributed by atoms with E-state index in [-0.39, 0.29) is 11.1 Å². The Bertz CT molecular complexity index is 1400. The van der Waals surface area contributed by atoms with Crippen LogP contribution in [-0.4, -0.2) is 50.9 Å². The number of nitrogens with zero attached hydrogens (tertiary/aromatic N) is 5. The summed E-state index contributed by atoms with van der Waals surface area (Å²) in [5.41, 5.74) is 3.45. The minimum atomic E-state index is -0.258. The van der Waals surface area contributed by atoms with Gasteiger partial charge in [0, 0.05) is 24.2 Å². The summed E-state index contributed by atoms with van der Waals surface area (Å²) in [6.45, 7) is 9.90. The zero-order valence-electron chi connectivity index (χ0n) is 21.8. The van der Waals surface area contributed by atoms with E-state index in [0.717, 1.165) is 34.3 Å². The first-order valence-electron chi connectivity index (χ1n) is 12.0. The summed E-state index contributed by atoms with van der Waals surface area (Å²) in [7, 11) is 3.26. The van der Waals surface area contributed by atoms with Gasteiger partial charge in [-0.15, -0.1) is 5.10 Å². The summed E-state index contributed by atoms with van der Waals surface area (Å²) >= 11 is 0. The molecule has 0 saturated carbocycles. The summed E-state index contributed by atoms with van der Waals surface area (Å²) in [5.74, 6) is 2.14. The van der Waals surface area contributed by atoms with Crippen molar-refractivity contribution < 1.29 is 9.47 Å². The third-order valence-electron chi connectivity index (χ3n) is 6.17. The van der Waals surface area contributed by atoms with Crippen molar-refractivity contribution in [3.63, 3.8) is 0 Å². The summed E-state index contributed by atoms with van der Waals surface area (Å²) in [6, 6.07) is 13.9. The second kappa shape index (κ2) is 10.5. The van der Waals surface area contributed by atoms with Gasteiger partial charge in [0.1, 0.15) is 0 Å². The molecular formula is C27H34N6O3. The molecule has 2 aromatic carbocycles. The third-order valence-corrected chi connectivity index (χ3v) is 6.17. The van der Waals surface area contributed by atoms with Gasteiger partial charge < -0.3 is 14.5 Å². The molecule has 0 unspecified atom stereocenters. The minimum absolute atomic E-state index is 0.0853. The number of nitrogens with one attached hydrogen (secondary N) is 1. The molecule has 2 heterocycles. The van der Waals surface area contributed by atoms with E-state index in [1.807, 2.05) is 48.0 Å². The lowest BCUT2D eigenvalue weighted by molar-refractivity contribution is 0.233. The second-order valence-electron chi connectivity index (χ2n) is 10.0. The molecule has 0 aliphatic rings. The SMILES string of the molecule is COc1ccc(CCN(Cc2cc3cc(C)ccc3[nH]c2=O)Cc2nnnn2C(C)(C)C)cc1OC. The quantitative estimate of drug-likeness (QED) is 0.381. The van der Waals surface area contributed by atoms with E-state index >= 15 is 0 Å². The van der Waals surface area contributed by atoms with Gasteiger partial charge in [-0.3, -0.25) is 9.69 Å². The second-order valence-corrected chi connectivity index (χ2v) is 10.0. The van der Waals surface area contributed by atoms with Gasteiger partial charge in [-0.2, -0.15) is 0 Å². The monoisotopic (exact) mass is 490 g/mol. The third kappa shape index (κ3) is 5.73. The maximum Gasteiger partial charge on any atom is 0.252 e. The molecule has 2 aromatic heterocycles. The molecule has 0 aliphatic carbocycles. The number of H-pyrrole nitrogens is 1. The van der Waals surface area contributed by atoms with Gasteiger partial charge in [0.2, 0.25) is 0 Å². The minimum Gasteiger partial charge on any atom is -0.493 e. The predicted octanol–water partition coefficient (Wildman–Crippen LogP) is 3.84. The molecule has 0 spiro atoms. The molecule has 0 amide bonds. The van der Waals surface area contributed by atoms with Crippen LogP contribution < -0.4 is 15.0 Å². The Morgan fingerprint density at radius 3 is 2.50 bits per heavy atom. The highest BCUT2D eigenvalue weighted by Gasteiger charge is 2.22. The summed E-state index contributed by atoms with van der Waals surface area (Å²) in [5, 5.41) is 13.4. The Balaban J connectivity index is 1.63. The van der Waals surface area contributed by atoms with Gasteiger partial charge in [-0.05, 0) is 85.8 Å². The number of aromatic amines is 1. The van der Waals surface area contributed by atoms with Crippen molar-refractivity contribution >= 4 is 10.9 Å². The summed E-state index contributed by atoms with van der Waals surface area (Å²) in [6.07, 6.45) is 0.752. The Hall–Kier alpha value is -3.72. The van der Waals surface area contributed by atoms with Gasteiger partial charge in [-0.25, -0.2) is 4.68 Å². The predicted molar refractivity (Wildman–Crippen MR) is 139 cm³/mol. The Morgan fingerprint density at radius 2 is 1.78 bits per heavy atom. The van der Waals surface area contributed by atoms with Crippen LogP contribution in [0.15, 0.2) is 47.3 Å². The maximum atomic E-state index is 13.0. The zero-order chi connectivity index (χ0) is 25.9. The van der Waals surface area contributed by atoms with Crippen LogP contribution in [0.4, 0.5) is 0 Å². The van der Waals surface area contributed by atoms with Crippen molar-refractivity contribution in [3.8, 4) is 11.5 Å². The Kier molecular flexibility index (Phi) is 7.40. The van der Waals surface area contributed by atoms with Gasteiger partial charge in [0.25, 0.3) is 5.56 Å². The fourth-order valence-electron chi connectivity index (χ4n) is 4.29. The van der Waals surface area contributed by atoms with Crippen LogP contribution in [0.5, 0.6) is 11.5 Å². The number of pyridine rings is 1. The summed E-state index contributed by atoms with van der Waals surface area (Å²) in [4.78, 5) is 18.2. The van der Waals surface area contributed by atoms with Gasteiger partial charge in [0.05, 0.1) is 26.3 Å². The number of tetrazole rings is 1. The van der Waals surface area contributed by atoms with Crippen molar-refractivity contribution in [3.05, 3.63) is 75.3 Å². The van der Waals surface area contributed by atoms with E-state index < -0.39 is 0 Å². The smallest absolute Gasteiger partial charge is 0.252 e. The van der Waals surface area contributed by atoms with E-state index in [1.165, 1.54) is 0 Å². The molecule has 9 heteroatoms. The van der Waals surface area contributed by atoms with E-state index in [1.54, 1.807) is 14.2 Å². The topological polar surface area (TPSA) is 98.2 Å². The van der Waals surface area contributed by atoms with Crippen LogP contribution in [0.2, 0.25) is 0 Å². The molecule has 0 aliphatic heterocycles. The number of rotatable bonds is 9. The fraction of sp³-hybridized carbons (Fsp3) is 0.407. The lowest BCUT2D eigenvalue weighted by atomic mass is 10.1. The van der Waals surface area contributed by atoms with Crippen LogP contribution in [0.1, 0.15) is 43.3 Å². The van der Waals surface area contributed by atoms with E-state index in [4.69, 9.17) is 9.47 Å². The molecule has 0 saturated heterocycles. The van der Waals surface area contributed by atoms with E-state index in [0.29, 0.717) is 36.7 Å². The molecule has 4 aromatic rings. The number of fused-ring (bicyclic) bond motifs is 1. The zero-order valence-corrected chi connectivity index (χ0v) is 21.8. The molecule has 0 bridgehead atoms. The summed E-state index contributed by atoms with van der Waals surface area (Å²) < 4.78 is 12.7. The Labute approximate surface area is 211 Å². The van der Waals surface area contributed by atoms with E-state index in [9.17, 15) is 4.79 Å².